The maximum absolute atomic E-state index is 12.9. The molecule has 0 heterocycles. The Hall–Kier alpha value is -0.760. The second kappa shape index (κ2) is 3.54. The molecule has 0 bridgehead atoms. The monoisotopic (exact) mass is 199 g/mol. The van der Waals surface area contributed by atoms with Gasteiger partial charge < -0.3 is 5.32 Å². The van der Waals surface area contributed by atoms with E-state index in [0.29, 0.717) is 0 Å². The van der Waals surface area contributed by atoms with Gasteiger partial charge in [0.25, 0.3) is 0 Å². The van der Waals surface area contributed by atoms with Gasteiger partial charge in [-0.15, -0.1) is 0 Å². The van der Waals surface area contributed by atoms with E-state index < -0.39 is 0 Å². The molecule has 1 aliphatic rings. The summed E-state index contributed by atoms with van der Waals surface area (Å²) in [6.07, 6.45) is 2.59. The van der Waals surface area contributed by atoms with E-state index in [-0.39, 0.29) is 10.8 Å². The van der Waals surface area contributed by atoms with Crippen LogP contribution in [0.15, 0.2) is 18.2 Å². The highest BCUT2D eigenvalue weighted by Crippen LogP contribution is 2.29. The molecular weight excluding hydrogens is 189 g/mol. The molecule has 3 heteroatoms. The molecule has 1 aromatic carbocycles. The molecule has 2 rings (SSSR count). The number of nitrogens with one attached hydrogen (secondary N) is 1. The second-order valence-corrected chi connectivity index (χ2v) is 3.86. The first-order chi connectivity index (χ1) is 6.25. The SMILES string of the molecule is Fc1cc(NCC2CC2)ccc1Cl. The predicted octanol–water partition coefficient (Wildman–Crippen LogP) is 3.30. The van der Waals surface area contributed by atoms with Crippen LogP contribution < -0.4 is 5.32 Å². The average molecular weight is 200 g/mol. The Balaban J connectivity index is 1.98. The minimum absolute atomic E-state index is 0.178. The number of hydrogen-bond acceptors (Lipinski definition) is 1. The zero-order valence-corrected chi connectivity index (χ0v) is 7.94. The first-order valence-corrected chi connectivity index (χ1v) is 4.82. The lowest BCUT2D eigenvalue weighted by atomic mass is 10.3. The summed E-state index contributed by atoms with van der Waals surface area (Å²) >= 11 is 5.55. The summed E-state index contributed by atoms with van der Waals surface area (Å²) in [7, 11) is 0. The zero-order chi connectivity index (χ0) is 9.26. The molecular formula is C10H11ClFN. The van der Waals surface area contributed by atoms with Gasteiger partial charge in [-0.05, 0) is 37.0 Å². The molecule has 0 spiro atoms. The third-order valence-corrected chi connectivity index (χ3v) is 2.52. The van der Waals surface area contributed by atoms with Gasteiger partial charge >= 0.3 is 0 Å². The molecule has 0 amide bonds. The van der Waals surface area contributed by atoms with Crippen molar-refractivity contribution in [3.8, 4) is 0 Å². The Labute approximate surface area is 81.9 Å². The predicted molar refractivity (Wildman–Crippen MR) is 52.6 cm³/mol. The summed E-state index contributed by atoms with van der Waals surface area (Å²) in [6.45, 7) is 0.946. The Morgan fingerprint density at radius 3 is 2.85 bits per heavy atom. The molecule has 0 radical (unpaired) electrons. The van der Waals surface area contributed by atoms with Gasteiger partial charge in [-0.1, -0.05) is 11.6 Å². The zero-order valence-electron chi connectivity index (χ0n) is 7.19. The van der Waals surface area contributed by atoms with Crippen LogP contribution in [0.2, 0.25) is 5.02 Å². The number of hydrogen-bond donors (Lipinski definition) is 1. The van der Waals surface area contributed by atoms with Crippen LogP contribution in [0.25, 0.3) is 0 Å². The maximum atomic E-state index is 12.9. The van der Waals surface area contributed by atoms with Gasteiger partial charge in [0.2, 0.25) is 0 Å². The third-order valence-electron chi connectivity index (χ3n) is 2.21. The second-order valence-electron chi connectivity index (χ2n) is 3.45. The van der Waals surface area contributed by atoms with Crippen molar-refractivity contribution in [3.05, 3.63) is 29.0 Å². The first-order valence-electron chi connectivity index (χ1n) is 4.44. The van der Waals surface area contributed by atoms with Crippen molar-refractivity contribution in [1.29, 1.82) is 0 Å². The van der Waals surface area contributed by atoms with Crippen LogP contribution in [-0.4, -0.2) is 6.54 Å². The Bertz CT molecular complexity index is 310. The molecule has 1 saturated carbocycles. The van der Waals surface area contributed by atoms with E-state index in [1.165, 1.54) is 18.9 Å². The van der Waals surface area contributed by atoms with Crippen molar-refractivity contribution in [2.75, 3.05) is 11.9 Å². The quantitative estimate of drug-likeness (QED) is 0.788. The van der Waals surface area contributed by atoms with E-state index in [1.807, 2.05) is 0 Å². The van der Waals surface area contributed by atoms with Crippen LogP contribution in [-0.2, 0) is 0 Å². The minimum Gasteiger partial charge on any atom is -0.385 e. The molecule has 1 fully saturated rings. The fourth-order valence-corrected chi connectivity index (χ4v) is 1.31. The van der Waals surface area contributed by atoms with Gasteiger partial charge in [0.15, 0.2) is 0 Å². The molecule has 70 valence electrons. The summed E-state index contributed by atoms with van der Waals surface area (Å²) in [4.78, 5) is 0. The van der Waals surface area contributed by atoms with Gasteiger partial charge in [0, 0.05) is 12.2 Å². The molecule has 0 saturated heterocycles. The Morgan fingerprint density at radius 2 is 2.23 bits per heavy atom. The van der Waals surface area contributed by atoms with Crippen LogP contribution >= 0.6 is 11.6 Å². The molecule has 0 aliphatic heterocycles. The van der Waals surface area contributed by atoms with Crippen molar-refractivity contribution in [2.45, 2.75) is 12.8 Å². The van der Waals surface area contributed by atoms with Gasteiger partial charge in [0.1, 0.15) is 5.82 Å². The highest BCUT2D eigenvalue weighted by Gasteiger charge is 2.20. The van der Waals surface area contributed by atoms with Crippen molar-refractivity contribution < 1.29 is 4.39 Å². The summed E-state index contributed by atoms with van der Waals surface area (Å²) in [5, 5.41) is 3.35. The van der Waals surface area contributed by atoms with Crippen molar-refractivity contribution in [3.63, 3.8) is 0 Å². The lowest BCUT2D eigenvalue weighted by Gasteiger charge is -2.05. The van der Waals surface area contributed by atoms with Gasteiger partial charge in [-0.3, -0.25) is 0 Å². The number of benzene rings is 1. The number of anilines is 1. The molecule has 1 N–H and O–H groups in total. The lowest BCUT2D eigenvalue weighted by Crippen LogP contribution is -2.03. The molecule has 1 aromatic rings. The smallest absolute Gasteiger partial charge is 0.143 e. The first kappa shape index (κ1) is 8.82. The lowest BCUT2D eigenvalue weighted by molar-refractivity contribution is 0.628. The highest BCUT2D eigenvalue weighted by atomic mass is 35.5. The summed E-state index contributed by atoms with van der Waals surface area (Å²) in [5.74, 6) is 0.432. The van der Waals surface area contributed by atoms with Crippen LogP contribution in [0, 0.1) is 11.7 Å². The van der Waals surface area contributed by atoms with Crippen LogP contribution in [0.4, 0.5) is 10.1 Å². The molecule has 0 unspecified atom stereocenters. The van der Waals surface area contributed by atoms with Gasteiger partial charge in [0.05, 0.1) is 5.02 Å². The van der Waals surface area contributed by atoms with Crippen molar-refractivity contribution in [2.24, 2.45) is 5.92 Å². The topological polar surface area (TPSA) is 12.0 Å². The average Bonchev–Trinajstić information content (AvgIpc) is 2.91. The van der Waals surface area contributed by atoms with Gasteiger partial charge in [-0.25, -0.2) is 4.39 Å². The highest BCUT2D eigenvalue weighted by molar-refractivity contribution is 6.30. The minimum atomic E-state index is -0.359. The van der Waals surface area contributed by atoms with Crippen molar-refractivity contribution >= 4 is 17.3 Å². The van der Waals surface area contributed by atoms with Crippen LogP contribution in [0.3, 0.4) is 0 Å². The Morgan fingerprint density at radius 1 is 1.46 bits per heavy atom. The van der Waals surface area contributed by atoms with E-state index in [2.05, 4.69) is 5.32 Å². The fourth-order valence-electron chi connectivity index (χ4n) is 1.19. The van der Waals surface area contributed by atoms with Gasteiger partial charge in [-0.2, -0.15) is 0 Å². The molecule has 13 heavy (non-hydrogen) atoms. The van der Waals surface area contributed by atoms with Crippen LogP contribution in [0.1, 0.15) is 12.8 Å². The fraction of sp³-hybridized carbons (Fsp3) is 0.400. The summed E-state index contributed by atoms with van der Waals surface area (Å²) in [5.41, 5.74) is 0.814. The van der Waals surface area contributed by atoms with Crippen LogP contribution in [0.5, 0.6) is 0 Å². The largest absolute Gasteiger partial charge is 0.385 e. The standard InChI is InChI=1S/C10H11ClFN/c11-9-4-3-8(5-10(9)12)13-6-7-1-2-7/h3-5,7,13H,1-2,6H2. The summed E-state index contributed by atoms with van der Waals surface area (Å²) in [6, 6.07) is 4.81. The van der Waals surface area contributed by atoms with E-state index in [9.17, 15) is 4.39 Å². The molecule has 1 nitrogen and oxygen atoms in total. The van der Waals surface area contributed by atoms with E-state index >= 15 is 0 Å². The Kier molecular flexibility index (Phi) is 2.40. The molecule has 1 aliphatic carbocycles. The van der Waals surface area contributed by atoms with E-state index in [4.69, 9.17) is 11.6 Å². The van der Waals surface area contributed by atoms with Crippen molar-refractivity contribution in [1.82, 2.24) is 0 Å². The number of halogens is 2. The number of rotatable bonds is 3. The summed E-state index contributed by atoms with van der Waals surface area (Å²) < 4.78 is 12.9. The van der Waals surface area contributed by atoms with E-state index in [0.717, 1.165) is 18.2 Å². The normalized spacial score (nSPS) is 15.8. The molecule has 0 atom stereocenters. The molecule has 0 aromatic heterocycles. The third kappa shape index (κ3) is 2.34. The maximum Gasteiger partial charge on any atom is 0.143 e. The van der Waals surface area contributed by atoms with E-state index in [1.54, 1.807) is 12.1 Å².